The van der Waals surface area contributed by atoms with Crippen LogP contribution in [-0.2, 0) is 4.79 Å². The number of benzene rings is 2. The second-order valence-corrected chi connectivity index (χ2v) is 8.59. The molecule has 31 heavy (non-hydrogen) atoms. The summed E-state index contributed by atoms with van der Waals surface area (Å²) >= 11 is 1.31. The van der Waals surface area contributed by atoms with Crippen LogP contribution in [0, 0.1) is 19.7 Å². The van der Waals surface area contributed by atoms with E-state index < -0.39 is 11.9 Å². The minimum atomic E-state index is -0.509. The van der Waals surface area contributed by atoms with Gasteiger partial charge in [-0.2, -0.15) is 0 Å². The Hall–Kier alpha value is -2.87. The van der Waals surface area contributed by atoms with Gasteiger partial charge < -0.3 is 14.6 Å². The van der Waals surface area contributed by atoms with Gasteiger partial charge in [0.15, 0.2) is 28.7 Å². The molecule has 0 saturated carbocycles. The molecule has 0 fully saturated rings. The highest BCUT2D eigenvalue weighted by Crippen LogP contribution is 2.28. The SMILES string of the molecule is Cc1ccc(C)c(NC(=O)CSc2nnc(C(C)Oc3ccccc3F)n2C(C)C)c1. The maximum atomic E-state index is 14.0. The van der Waals surface area contributed by atoms with Gasteiger partial charge in [-0.25, -0.2) is 4.39 Å². The predicted octanol–water partition coefficient (Wildman–Crippen LogP) is 5.49. The quantitative estimate of drug-likeness (QED) is 0.468. The molecule has 0 aliphatic rings. The first kappa shape index (κ1) is 22.8. The van der Waals surface area contributed by atoms with Crippen LogP contribution in [0.25, 0.3) is 0 Å². The van der Waals surface area contributed by atoms with Crippen LogP contribution in [0.4, 0.5) is 10.1 Å². The molecule has 0 bridgehead atoms. The summed E-state index contributed by atoms with van der Waals surface area (Å²) in [5, 5.41) is 12.1. The Bertz CT molecular complexity index is 1070. The van der Waals surface area contributed by atoms with Crippen LogP contribution >= 0.6 is 11.8 Å². The van der Waals surface area contributed by atoms with Gasteiger partial charge in [-0.1, -0.05) is 36.0 Å². The van der Waals surface area contributed by atoms with Gasteiger partial charge in [-0.15, -0.1) is 10.2 Å². The largest absolute Gasteiger partial charge is 0.480 e. The van der Waals surface area contributed by atoms with Gasteiger partial charge in [0.2, 0.25) is 5.91 Å². The fraction of sp³-hybridized carbons (Fsp3) is 0.348. The average molecular weight is 443 g/mol. The summed E-state index contributed by atoms with van der Waals surface area (Å²) in [5.74, 6) is 0.392. The van der Waals surface area contributed by atoms with E-state index in [1.54, 1.807) is 25.1 Å². The molecule has 8 heteroatoms. The number of ether oxygens (including phenoxy) is 1. The highest BCUT2D eigenvalue weighted by Gasteiger charge is 2.23. The van der Waals surface area contributed by atoms with Crippen molar-refractivity contribution in [2.24, 2.45) is 0 Å². The van der Waals surface area contributed by atoms with Crippen LogP contribution in [0.3, 0.4) is 0 Å². The van der Waals surface area contributed by atoms with Crippen LogP contribution in [-0.4, -0.2) is 26.4 Å². The summed E-state index contributed by atoms with van der Waals surface area (Å²) in [7, 11) is 0. The van der Waals surface area contributed by atoms with E-state index in [2.05, 4.69) is 15.5 Å². The summed E-state index contributed by atoms with van der Waals surface area (Å²) in [6.07, 6.45) is -0.509. The third-order valence-corrected chi connectivity index (χ3v) is 5.65. The number of rotatable bonds is 8. The number of hydrogen-bond donors (Lipinski definition) is 1. The Balaban J connectivity index is 1.70. The van der Waals surface area contributed by atoms with E-state index in [1.165, 1.54) is 17.8 Å². The highest BCUT2D eigenvalue weighted by atomic mass is 32.2. The zero-order chi connectivity index (χ0) is 22.5. The van der Waals surface area contributed by atoms with Crippen molar-refractivity contribution in [2.75, 3.05) is 11.1 Å². The van der Waals surface area contributed by atoms with Crippen molar-refractivity contribution in [1.82, 2.24) is 14.8 Å². The van der Waals surface area contributed by atoms with E-state index in [0.29, 0.717) is 11.0 Å². The van der Waals surface area contributed by atoms with E-state index in [0.717, 1.165) is 16.8 Å². The molecule has 0 spiro atoms. The predicted molar refractivity (Wildman–Crippen MR) is 121 cm³/mol. The molecule has 0 aliphatic heterocycles. The molecule has 1 amide bonds. The van der Waals surface area contributed by atoms with Crippen molar-refractivity contribution in [3.8, 4) is 5.75 Å². The first-order valence-electron chi connectivity index (χ1n) is 10.1. The molecule has 0 saturated heterocycles. The number of carbonyl (C=O) groups excluding carboxylic acids is 1. The van der Waals surface area contributed by atoms with Gasteiger partial charge in [0.1, 0.15) is 0 Å². The fourth-order valence-electron chi connectivity index (χ4n) is 3.12. The number of hydrogen-bond acceptors (Lipinski definition) is 5. The van der Waals surface area contributed by atoms with Crippen molar-refractivity contribution >= 4 is 23.4 Å². The second kappa shape index (κ2) is 9.96. The zero-order valence-corrected chi connectivity index (χ0v) is 19.2. The number of nitrogens with one attached hydrogen (secondary N) is 1. The lowest BCUT2D eigenvalue weighted by molar-refractivity contribution is -0.113. The Morgan fingerprint density at radius 2 is 1.90 bits per heavy atom. The van der Waals surface area contributed by atoms with Crippen LogP contribution in [0.2, 0.25) is 0 Å². The molecule has 3 rings (SSSR count). The van der Waals surface area contributed by atoms with Crippen LogP contribution in [0.1, 0.15) is 49.9 Å². The molecule has 6 nitrogen and oxygen atoms in total. The fourth-order valence-corrected chi connectivity index (χ4v) is 3.99. The molecule has 2 aromatic carbocycles. The highest BCUT2D eigenvalue weighted by molar-refractivity contribution is 7.99. The number of anilines is 1. The molecule has 164 valence electrons. The summed E-state index contributed by atoms with van der Waals surface area (Å²) in [4.78, 5) is 12.5. The summed E-state index contributed by atoms with van der Waals surface area (Å²) in [6, 6.07) is 12.2. The smallest absolute Gasteiger partial charge is 0.234 e. The number of halogens is 1. The number of thioether (sulfide) groups is 1. The molecule has 0 radical (unpaired) electrons. The number of aromatic nitrogens is 3. The number of amides is 1. The van der Waals surface area contributed by atoms with Crippen molar-refractivity contribution in [3.05, 3.63) is 65.2 Å². The zero-order valence-electron chi connectivity index (χ0n) is 18.3. The summed E-state index contributed by atoms with van der Waals surface area (Å²) in [5.41, 5.74) is 2.90. The third kappa shape index (κ3) is 5.64. The molecule has 3 aromatic rings. The lowest BCUT2D eigenvalue weighted by Gasteiger charge is -2.19. The maximum absolute atomic E-state index is 14.0. The lowest BCUT2D eigenvalue weighted by Crippen LogP contribution is -2.17. The molecule has 1 unspecified atom stereocenters. The van der Waals surface area contributed by atoms with Gasteiger partial charge in [0, 0.05) is 11.7 Å². The Morgan fingerprint density at radius 3 is 2.61 bits per heavy atom. The van der Waals surface area contributed by atoms with Gasteiger partial charge in [-0.05, 0) is 63.9 Å². The van der Waals surface area contributed by atoms with Crippen molar-refractivity contribution in [2.45, 2.75) is 51.9 Å². The summed E-state index contributed by atoms with van der Waals surface area (Å²) in [6.45, 7) is 9.75. The van der Waals surface area contributed by atoms with Crippen LogP contribution in [0.15, 0.2) is 47.6 Å². The third-order valence-electron chi connectivity index (χ3n) is 4.71. The van der Waals surface area contributed by atoms with E-state index >= 15 is 0 Å². The molecule has 1 atom stereocenters. The van der Waals surface area contributed by atoms with E-state index in [1.807, 2.05) is 50.5 Å². The number of para-hydroxylation sites is 1. The van der Waals surface area contributed by atoms with Gasteiger partial charge >= 0.3 is 0 Å². The lowest BCUT2D eigenvalue weighted by atomic mass is 10.1. The first-order valence-corrected chi connectivity index (χ1v) is 11.1. The van der Waals surface area contributed by atoms with Crippen molar-refractivity contribution in [3.63, 3.8) is 0 Å². The van der Waals surface area contributed by atoms with E-state index in [-0.39, 0.29) is 23.5 Å². The van der Waals surface area contributed by atoms with E-state index in [9.17, 15) is 9.18 Å². The standard InChI is InChI=1S/C23H27FN4O2S/c1-14(2)28-22(17(5)30-20-9-7-6-8-18(20)24)26-27-23(28)31-13-21(29)25-19-12-15(3)10-11-16(19)4/h6-12,14,17H,13H2,1-5H3,(H,25,29). The minimum Gasteiger partial charge on any atom is -0.480 e. The van der Waals surface area contributed by atoms with Crippen molar-refractivity contribution < 1.29 is 13.9 Å². The Morgan fingerprint density at radius 1 is 1.16 bits per heavy atom. The van der Waals surface area contributed by atoms with Crippen LogP contribution in [0.5, 0.6) is 5.75 Å². The summed E-state index contributed by atoms with van der Waals surface area (Å²) < 4.78 is 21.7. The van der Waals surface area contributed by atoms with E-state index in [4.69, 9.17) is 4.74 Å². The molecule has 1 aromatic heterocycles. The average Bonchev–Trinajstić information content (AvgIpc) is 3.15. The topological polar surface area (TPSA) is 69.0 Å². The number of nitrogens with zero attached hydrogens (tertiary/aromatic N) is 3. The molecular formula is C23H27FN4O2S. The molecular weight excluding hydrogens is 415 g/mol. The maximum Gasteiger partial charge on any atom is 0.234 e. The molecule has 1 N–H and O–H groups in total. The van der Waals surface area contributed by atoms with Gasteiger partial charge in [0.05, 0.1) is 5.75 Å². The number of aryl methyl sites for hydroxylation is 2. The molecule has 1 heterocycles. The monoisotopic (exact) mass is 442 g/mol. The molecule has 0 aliphatic carbocycles. The van der Waals surface area contributed by atoms with Crippen LogP contribution < -0.4 is 10.1 Å². The Kier molecular flexibility index (Phi) is 7.33. The van der Waals surface area contributed by atoms with Gasteiger partial charge in [0.25, 0.3) is 0 Å². The first-order chi connectivity index (χ1) is 14.8. The van der Waals surface area contributed by atoms with Gasteiger partial charge in [-0.3, -0.25) is 4.79 Å². The Labute approximate surface area is 186 Å². The normalized spacial score (nSPS) is 12.1. The number of carbonyl (C=O) groups is 1. The second-order valence-electron chi connectivity index (χ2n) is 7.65. The van der Waals surface area contributed by atoms with Crippen molar-refractivity contribution in [1.29, 1.82) is 0 Å². The minimum absolute atomic E-state index is 0.0428.